The molecule has 1 heterocycles. The first-order valence-corrected chi connectivity index (χ1v) is 5.49. The highest BCUT2D eigenvalue weighted by atomic mass is 19.2. The molecule has 1 aromatic heterocycles. The first kappa shape index (κ1) is 14.4. The van der Waals surface area contributed by atoms with Crippen molar-refractivity contribution in [2.24, 2.45) is 7.05 Å². The van der Waals surface area contributed by atoms with Crippen LogP contribution in [0.4, 0.5) is 22.0 Å². The van der Waals surface area contributed by atoms with Gasteiger partial charge >= 0.3 is 0 Å². The van der Waals surface area contributed by atoms with Crippen molar-refractivity contribution in [2.45, 2.75) is 12.5 Å². The fraction of sp³-hybridized carbons (Fsp3) is 0.250. The van der Waals surface area contributed by atoms with Crippen molar-refractivity contribution >= 4 is 0 Å². The summed E-state index contributed by atoms with van der Waals surface area (Å²) in [6.07, 6.45) is 0.570. The molecule has 2 aromatic rings. The SMILES string of the molecule is Cn1cc(CC(O)c2c(F)c(F)c(F)c(F)c2F)cn1. The van der Waals surface area contributed by atoms with Gasteiger partial charge in [0.2, 0.25) is 5.82 Å². The first-order valence-electron chi connectivity index (χ1n) is 5.49. The molecule has 3 nitrogen and oxygen atoms in total. The summed E-state index contributed by atoms with van der Waals surface area (Å²) in [5, 5.41) is 13.5. The minimum Gasteiger partial charge on any atom is -0.388 e. The van der Waals surface area contributed by atoms with Crippen LogP contribution in [0.1, 0.15) is 17.2 Å². The summed E-state index contributed by atoms with van der Waals surface area (Å²) in [6.45, 7) is 0. The quantitative estimate of drug-likeness (QED) is 0.536. The lowest BCUT2D eigenvalue weighted by atomic mass is 10.0. The summed E-state index contributed by atoms with van der Waals surface area (Å²) >= 11 is 0. The fourth-order valence-corrected chi connectivity index (χ4v) is 1.82. The summed E-state index contributed by atoms with van der Waals surface area (Å²) in [6, 6.07) is 0. The van der Waals surface area contributed by atoms with Crippen molar-refractivity contribution < 1.29 is 27.1 Å². The number of aryl methyl sites for hydroxylation is 1. The van der Waals surface area contributed by atoms with Gasteiger partial charge in [0.1, 0.15) is 0 Å². The largest absolute Gasteiger partial charge is 0.388 e. The molecule has 1 atom stereocenters. The lowest BCUT2D eigenvalue weighted by molar-refractivity contribution is 0.163. The van der Waals surface area contributed by atoms with Crippen molar-refractivity contribution in [3.8, 4) is 0 Å². The first-order chi connectivity index (χ1) is 9.32. The molecule has 0 aliphatic carbocycles. The Morgan fingerprint density at radius 3 is 2.00 bits per heavy atom. The molecule has 8 heteroatoms. The van der Waals surface area contributed by atoms with Crippen LogP contribution in [0.25, 0.3) is 0 Å². The Hall–Kier alpha value is -1.96. The van der Waals surface area contributed by atoms with Crippen LogP contribution in [0, 0.1) is 29.1 Å². The van der Waals surface area contributed by atoms with Gasteiger partial charge in [-0.05, 0) is 5.56 Å². The predicted octanol–water partition coefficient (Wildman–Crippen LogP) is 2.39. The van der Waals surface area contributed by atoms with Gasteiger partial charge in [0.05, 0.1) is 17.9 Å². The average Bonchev–Trinajstić information content (AvgIpc) is 2.79. The number of benzene rings is 1. The van der Waals surface area contributed by atoms with Gasteiger partial charge in [0, 0.05) is 19.7 Å². The Kier molecular flexibility index (Phi) is 3.76. The topological polar surface area (TPSA) is 38.0 Å². The molecule has 108 valence electrons. The van der Waals surface area contributed by atoms with E-state index in [-0.39, 0.29) is 6.42 Å². The Morgan fingerprint density at radius 2 is 1.55 bits per heavy atom. The smallest absolute Gasteiger partial charge is 0.200 e. The van der Waals surface area contributed by atoms with Crippen LogP contribution in [-0.4, -0.2) is 14.9 Å². The number of halogens is 5. The van der Waals surface area contributed by atoms with E-state index in [9.17, 15) is 27.1 Å². The number of aliphatic hydroxyl groups is 1. The Morgan fingerprint density at radius 1 is 1.05 bits per heavy atom. The van der Waals surface area contributed by atoms with Gasteiger partial charge < -0.3 is 5.11 Å². The van der Waals surface area contributed by atoms with E-state index in [0.29, 0.717) is 5.56 Å². The zero-order chi connectivity index (χ0) is 15.0. The highest BCUT2D eigenvalue weighted by Crippen LogP contribution is 2.29. The lowest BCUT2D eigenvalue weighted by Gasteiger charge is -2.13. The van der Waals surface area contributed by atoms with Gasteiger partial charge in [-0.3, -0.25) is 4.68 Å². The van der Waals surface area contributed by atoms with Gasteiger partial charge in [-0.15, -0.1) is 0 Å². The number of hydrogen-bond donors (Lipinski definition) is 1. The van der Waals surface area contributed by atoms with E-state index in [2.05, 4.69) is 5.10 Å². The van der Waals surface area contributed by atoms with E-state index in [1.54, 1.807) is 7.05 Å². The number of nitrogens with zero attached hydrogens (tertiary/aromatic N) is 2. The lowest BCUT2D eigenvalue weighted by Crippen LogP contribution is -2.13. The third kappa shape index (κ3) is 2.38. The molecule has 1 unspecified atom stereocenters. The molecular formula is C12H9F5N2O. The van der Waals surface area contributed by atoms with Crippen LogP contribution in [0.3, 0.4) is 0 Å². The third-order valence-electron chi connectivity index (χ3n) is 2.76. The Labute approximate surface area is 110 Å². The molecular weight excluding hydrogens is 283 g/mol. The summed E-state index contributed by atoms with van der Waals surface area (Å²) in [5.41, 5.74) is -0.853. The van der Waals surface area contributed by atoms with E-state index < -0.39 is 40.8 Å². The summed E-state index contributed by atoms with van der Waals surface area (Å²) in [4.78, 5) is 0. The van der Waals surface area contributed by atoms with Crippen LogP contribution in [0.5, 0.6) is 0 Å². The van der Waals surface area contributed by atoms with Gasteiger partial charge in [-0.25, -0.2) is 22.0 Å². The van der Waals surface area contributed by atoms with Crippen molar-refractivity contribution in [3.63, 3.8) is 0 Å². The fourth-order valence-electron chi connectivity index (χ4n) is 1.82. The number of aliphatic hydroxyl groups excluding tert-OH is 1. The predicted molar refractivity (Wildman–Crippen MR) is 58.1 cm³/mol. The second kappa shape index (κ2) is 5.20. The van der Waals surface area contributed by atoms with Crippen molar-refractivity contribution in [2.75, 3.05) is 0 Å². The molecule has 0 bridgehead atoms. The number of rotatable bonds is 3. The maximum atomic E-state index is 13.5. The molecule has 1 aromatic carbocycles. The molecule has 0 saturated carbocycles. The van der Waals surface area contributed by atoms with Gasteiger partial charge in [0.15, 0.2) is 23.3 Å². The molecule has 0 spiro atoms. The molecule has 0 amide bonds. The highest BCUT2D eigenvalue weighted by molar-refractivity contribution is 5.27. The van der Waals surface area contributed by atoms with E-state index in [4.69, 9.17) is 0 Å². The monoisotopic (exact) mass is 292 g/mol. The molecule has 0 aliphatic rings. The van der Waals surface area contributed by atoms with Crippen molar-refractivity contribution in [3.05, 3.63) is 52.6 Å². The van der Waals surface area contributed by atoms with E-state index >= 15 is 0 Å². The minimum absolute atomic E-state index is 0.327. The van der Waals surface area contributed by atoms with Gasteiger partial charge in [0.25, 0.3) is 0 Å². The van der Waals surface area contributed by atoms with Gasteiger partial charge in [-0.1, -0.05) is 0 Å². The maximum absolute atomic E-state index is 13.5. The zero-order valence-corrected chi connectivity index (χ0v) is 10.2. The van der Waals surface area contributed by atoms with Crippen molar-refractivity contribution in [1.29, 1.82) is 0 Å². The van der Waals surface area contributed by atoms with Crippen LogP contribution >= 0.6 is 0 Å². The zero-order valence-electron chi connectivity index (χ0n) is 10.2. The molecule has 0 radical (unpaired) electrons. The summed E-state index contributed by atoms with van der Waals surface area (Å²) < 4.78 is 67.2. The maximum Gasteiger partial charge on any atom is 0.200 e. The van der Waals surface area contributed by atoms with E-state index in [1.165, 1.54) is 17.1 Å². The van der Waals surface area contributed by atoms with Crippen LogP contribution in [-0.2, 0) is 13.5 Å². The second-order valence-electron chi connectivity index (χ2n) is 4.23. The highest BCUT2D eigenvalue weighted by Gasteiger charge is 2.29. The second-order valence-corrected chi connectivity index (χ2v) is 4.23. The van der Waals surface area contributed by atoms with Crippen LogP contribution in [0.2, 0.25) is 0 Å². The minimum atomic E-state index is -2.25. The Bertz CT molecular complexity index is 627. The Balaban J connectivity index is 2.42. The summed E-state index contributed by atoms with van der Waals surface area (Å²) in [7, 11) is 1.58. The molecule has 0 fully saturated rings. The molecule has 0 aliphatic heterocycles. The average molecular weight is 292 g/mol. The standard InChI is InChI=1S/C12H9F5N2O/c1-19-4-5(3-18-19)2-6(20)7-8(13)10(15)12(17)11(16)9(7)14/h3-4,6,20H,2H2,1H3. The third-order valence-corrected chi connectivity index (χ3v) is 2.76. The molecule has 2 rings (SSSR count). The molecule has 0 saturated heterocycles. The summed E-state index contributed by atoms with van der Waals surface area (Å²) in [5.74, 6) is -10.5. The van der Waals surface area contributed by atoms with E-state index in [0.717, 1.165) is 0 Å². The molecule has 20 heavy (non-hydrogen) atoms. The number of aromatic nitrogens is 2. The van der Waals surface area contributed by atoms with Crippen LogP contribution < -0.4 is 0 Å². The van der Waals surface area contributed by atoms with Crippen LogP contribution in [0.15, 0.2) is 12.4 Å². The normalized spacial score (nSPS) is 12.8. The number of hydrogen-bond acceptors (Lipinski definition) is 2. The van der Waals surface area contributed by atoms with E-state index in [1.807, 2.05) is 0 Å². The molecule has 1 N–H and O–H groups in total. The van der Waals surface area contributed by atoms with Crippen molar-refractivity contribution in [1.82, 2.24) is 9.78 Å². The van der Waals surface area contributed by atoms with Gasteiger partial charge in [-0.2, -0.15) is 5.10 Å².